The van der Waals surface area contributed by atoms with Crippen LogP contribution >= 0.6 is 19.6 Å². The Morgan fingerprint density at radius 2 is 1.95 bits per heavy atom. The summed E-state index contributed by atoms with van der Waals surface area (Å²) in [5.74, 6) is -0.778. The van der Waals surface area contributed by atoms with Crippen molar-refractivity contribution < 1.29 is 92.6 Å². The number of carbonyl (C=O) groups is 1. The molecule has 0 radical (unpaired) electrons. The van der Waals surface area contributed by atoms with Crippen LogP contribution in [-0.4, -0.2) is 23.9 Å². The molecule has 21 heavy (non-hydrogen) atoms. The van der Waals surface area contributed by atoms with Crippen LogP contribution in [0.5, 0.6) is 11.5 Å². The maximum atomic E-state index is 10.6. The minimum absolute atomic E-state index is 0. The van der Waals surface area contributed by atoms with Crippen LogP contribution in [0, 0.1) is 0 Å². The Hall–Kier alpha value is 0.790. The van der Waals surface area contributed by atoms with Gasteiger partial charge in [-0.15, -0.1) is 11.8 Å². The summed E-state index contributed by atoms with van der Waals surface area (Å²) in [6.45, 7) is 0. The van der Waals surface area contributed by atoms with Gasteiger partial charge in [-0.3, -0.25) is 4.79 Å². The van der Waals surface area contributed by atoms with E-state index in [4.69, 9.17) is 9.84 Å². The van der Waals surface area contributed by atoms with E-state index in [0.29, 0.717) is 11.3 Å². The molecule has 0 unspecified atom stereocenters. The van der Waals surface area contributed by atoms with Crippen molar-refractivity contribution in [3.63, 3.8) is 0 Å². The summed E-state index contributed by atoms with van der Waals surface area (Å²) < 4.78 is 19.7. The summed E-state index contributed by atoms with van der Waals surface area (Å²) in [6, 6.07) is 4.40. The van der Waals surface area contributed by atoms with E-state index in [1.165, 1.54) is 19.2 Å². The molecule has 0 aliphatic carbocycles. The van der Waals surface area contributed by atoms with Crippen molar-refractivity contribution in [2.75, 3.05) is 12.9 Å². The van der Waals surface area contributed by atoms with Gasteiger partial charge in [-0.2, -0.15) is 0 Å². The molecule has 0 bridgehead atoms. The largest absolute Gasteiger partial charge is 1.00 e. The number of methoxy groups -OCH3 is 1. The van der Waals surface area contributed by atoms with E-state index in [-0.39, 0.29) is 76.4 Å². The summed E-state index contributed by atoms with van der Waals surface area (Å²) in [5.41, 5.74) is 0.621. The maximum Gasteiger partial charge on any atom is 1.00 e. The monoisotopic (exact) mass is 352 g/mol. The van der Waals surface area contributed by atoms with Crippen molar-refractivity contribution in [3.8, 4) is 11.5 Å². The van der Waals surface area contributed by atoms with Crippen LogP contribution in [-0.2, 0) is 15.1 Å². The van der Waals surface area contributed by atoms with Gasteiger partial charge in [0.05, 0.1) is 12.9 Å². The second kappa shape index (κ2) is 11.3. The zero-order valence-corrected chi connectivity index (χ0v) is 17.6. The smallest absolute Gasteiger partial charge is 0.780 e. The van der Waals surface area contributed by atoms with Crippen molar-refractivity contribution in [3.05, 3.63) is 23.8 Å². The van der Waals surface area contributed by atoms with E-state index in [2.05, 4.69) is 4.52 Å². The normalized spacial score (nSPS) is 10.0. The van der Waals surface area contributed by atoms with Gasteiger partial charge in [-0.05, 0) is 17.7 Å². The van der Waals surface area contributed by atoms with Crippen LogP contribution < -0.4 is 78.2 Å². The third-order valence-corrected chi connectivity index (χ3v) is 3.34. The fraction of sp³-hybridized carbons (Fsp3) is 0.300. The Morgan fingerprint density at radius 3 is 2.43 bits per heavy atom. The fourth-order valence-corrected chi connectivity index (χ4v) is 2.33. The Balaban J connectivity index is 0. The topological polar surface area (TPSA) is 119 Å². The molecule has 1 aromatic rings. The van der Waals surface area contributed by atoms with Gasteiger partial charge in [0, 0.05) is 5.75 Å². The van der Waals surface area contributed by atoms with Gasteiger partial charge in [-0.25, -0.2) is 0 Å². The van der Waals surface area contributed by atoms with Crippen LogP contribution in [0.4, 0.5) is 0 Å². The quantitative estimate of drug-likeness (QED) is 0.381. The second-order valence-electron chi connectivity index (χ2n) is 3.41. The average molecular weight is 352 g/mol. The molecule has 1 N–H and O–H groups in total. The Morgan fingerprint density at radius 1 is 1.33 bits per heavy atom. The van der Waals surface area contributed by atoms with Crippen molar-refractivity contribution in [2.24, 2.45) is 0 Å². The van der Waals surface area contributed by atoms with Gasteiger partial charge in [0.25, 0.3) is 0 Å². The summed E-state index contributed by atoms with van der Waals surface area (Å²) in [5, 5.41) is 8.50. The summed E-state index contributed by atoms with van der Waals surface area (Å²) in [7, 11) is -3.86. The van der Waals surface area contributed by atoms with Crippen LogP contribution in [0.25, 0.3) is 0 Å². The molecule has 1 rings (SSSR count). The first kappa shape index (κ1) is 24.0. The molecule has 0 saturated carbocycles. The summed E-state index contributed by atoms with van der Waals surface area (Å²) in [4.78, 5) is 31.5. The predicted molar refractivity (Wildman–Crippen MR) is 65.0 cm³/mol. The van der Waals surface area contributed by atoms with Gasteiger partial charge in [-0.1, -0.05) is 6.07 Å². The zero-order valence-electron chi connectivity index (χ0n) is 11.9. The molecule has 11 heteroatoms. The number of rotatable bonds is 7. The number of aliphatic carboxylic acids is 1. The fourth-order valence-electron chi connectivity index (χ4n) is 1.26. The number of carboxylic acid groups (broad SMARTS) is 1. The molecule has 106 valence electrons. The molecule has 0 heterocycles. The molecule has 0 saturated heterocycles. The Labute approximate surface area is 170 Å². The summed E-state index contributed by atoms with van der Waals surface area (Å²) >= 11 is 1.13. The SMILES string of the molecule is COc1ccc(CSCC(=O)O)cc1OP(=O)([O-])[O-].[Na+].[Na+]. The number of hydrogen-bond donors (Lipinski definition) is 1. The number of benzene rings is 1. The molecule has 0 atom stereocenters. The predicted octanol–water partition coefficient (Wildman–Crippen LogP) is -5.77. The van der Waals surface area contributed by atoms with Gasteiger partial charge >= 0.3 is 65.1 Å². The molecule has 0 spiro atoms. The number of carboxylic acids is 1. The van der Waals surface area contributed by atoms with E-state index in [1.807, 2.05) is 0 Å². The van der Waals surface area contributed by atoms with E-state index < -0.39 is 13.8 Å². The molecular formula is C10H11Na2O7PS. The first-order valence-electron chi connectivity index (χ1n) is 5.00. The molecule has 0 aliphatic rings. The van der Waals surface area contributed by atoms with Crippen molar-refractivity contribution in [2.45, 2.75) is 5.75 Å². The van der Waals surface area contributed by atoms with Gasteiger partial charge in [0.15, 0.2) is 11.5 Å². The molecule has 0 aliphatic heterocycles. The number of hydrogen-bond acceptors (Lipinski definition) is 7. The Bertz CT molecular complexity index is 508. The van der Waals surface area contributed by atoms with Crippen molar-refractivity contribution in [1.29, 1.82) is 0 Å². The second-order valence-corrected chi connectivity index (χ2v) is 5.47. The standard InChI is InChI=1S/C10H13O7PS.2Na/c1-16-8-3-2-7(5-19-6-10(11)12)4-9(8)17-18(13,14)15;;/h2-4H,5-6H2,1H3,(H,11,12)(H2,13,14,15);;/q;2*+1/p-2. The molecule has 0 aromatic heterocycles. The van der Waals surface area contributed by atoms with Crippen LogP contribution in [0.15, 0.2) is 18.2 Å². The minimum atomic E-state index is -5.17. The van der Waals surface area contributed by atoms with E-state index in [0.717, 1.165) is 11.8 Å². The molecule has 7 nitrogen and oxygen atoms in total. The van der Waals surface area contributed by atoms with E-state index in [9.17, 15) is 19.1 Å². The van der Waals surface area contributed by atoms with Crippen molar-refractivity contribution >= 4 is 25.6 Å². The van der Waals surface area contributed by atoms with Gasteiger partial charge < -0.3 is 28.7 Å². The number of thioether (sulfide) groups is 1. The minimum Gasteiger partial charge on any atom is -0.780 e. The number of ether oxygens (including phenoxy) is 1. The molecule has 1 aromatic carbocycles. The first-order chi connectivity index (χ1) is 8.81. The number of phosphoric ester groups is 1. The van der Waals surface area contributed by atoms with Gasteiger partial charge in [0.2, 0.25) is 0 Å². The van der Waals surface area contributed by atoms with Crippen LogP contribution in [0.2, 0.25) is 0 Å². The first-order valence-corrected chi connectivity index (χ1v) is 7.61. The Kier molecular flexibility index (Phi) is 13.0. The van der Waals surface area contributed by atoms with E-state index in [1.54, 1.807) is 6.07 Å². The summed E-state index contributed by atoms with van der Waals surface area (Å²) in [6.07, 6.45) is 0. The maximum absolute atomic E-state index is 10.6. The third-order valence-electron chi connectivity index (χ3n) is 1.93. The average Bonchev–Trinajstić information content (AvgIpc) is 2.26. The molecule has 0 fully saturated rings. The third kappa shape index (κ3) is 10.2. The molecular weight excluding hydrogens is 341 g/mol. The van der Waals surface area contributed by atoms with Gasteiger partial charge in [0.1, 0.15) is 7.82 Å². The van der Waals surface area contributed by atoms with E-state index >= 15 is 0 Å². The molecule has 0 amide bonds. The van der Waals surface area contributed by atoms with Crippen LogP contribution in [0.1, 0.15) is 5.56 Å². The zero-order chi connectivity index (χ0) is 14.5. The van der Waals surface area contributed by atoms with Crippen LogP contribution in [0.3, 0.4) is 0 Å². The number of phosphoric acid groups is 1. The van der Waals surface area contributed by atoms with Crippen molar-refractivity contribution in [1.82, 2.24) is 0 Å².